The molecule has 0 aliphatic rings. The average molecular weight is 415 g/mol. The fraction of sp³-hybridized carbons (Fsp3) is 0.350. The number of hydroxylamine groups is 4. The Kier molecular flexibility index (Phi) is 5.92. The van der Waals surface area contributed by atoms with Gasteiger partial charge in [-0.25, -0.2) is 4.98 Å². The van der Waals surface area contributed by atoms with E-state index in [1.54, 1.807) is 18.2 Å². The molecule has 0 atom stereocenters. The Labute approximate surface area is 173 Å². The number of nitro benzene ring substituents is 1. The molecule has 30 heavy (non-hydrogen) atoms. The Morgan fingerprint density at radius 3 is 2.37 bits per heavy atom. The van der Waals surface area contributed by atoms with Gasteiger partial charge >= 0.3 is 0 Å². The van der Waals surface area contributed by atoms with E-state index in [1.165, 1.54) is 40.4 Å². The number of benzene rings is 2. The van der Waals surface area contributed by atoms with Gasteiger partial charge in [0.05, 0.1) is 45.5 Å². The van der Waals surface area contributed by atoms with Crippen molar-refractivity contribution in [1.82, 2.24) is 4.98 Å². The number of hydrogen-bond acceptors (Lipinski definition) is 8. The number of hydrogen-bond donors (Lipinski definition) is 0. The lowest BCUT2D eigenvalue weighted by molar-refractivity contribution is -0.840. The van der Waals surface area contributed by atoms with Crippen LogP contribution in [0, 0.1) is 20.5 Å². The minimum absolute atomic E-state index is 0.0102. The van der Waals surface area contributed by atoms with E-state index in [-0.39, 0.29) is 35.4 Å². The fourth-order valence-electron chi connectivity index (χ4n) is 3.43. The molecule has 0 N–H and O–H groups in total. The van der Waals surface area contributed by atoms with Crippen LogP contribution >= 0.6 is 0 Å². The molecular weight excluding hydrogens is 392 g/mol. The summed E-state index contributed by atoms with van der Waals surface area (Å²) in [5.74, 6) is 0.727. The highest BCUT2D eigenvalue weighted by Crippen LogP contribution is 2.44. The van der Waals surface area contributed by atoms with Crippen molar-refractivity contribution in [2.24, 2.45) is 0 Å². The average Bonchev–Trinajstić information content (AvgIpc) is 2.69. The highest BCUT2D eigenvalue weighted by Gasteiger charge is 2.24. The Morgan fingerprint density at radius 1 is 1.10 bits per heavy atom. The van der Waals surface area contributed by atoms with Gasteiger partial charge < -0.3 is 29.6 Å². The van der Waals surface area contributed by atoms with E-state index in [4.69, 9.17) is 9.47 Å². The number of non-ortho nitro benzene ring substituents is 1. The Hall–Kier alpha value is -3.21. The summed E-state index contributed by atoms with van der Waals surface area (Å²) in [5.41, 5.74) is 0.441. The number of rotatable bonds is 8. The first-order chi connectivity index (χ1) is 14.2. The topological polar surface area (TPSA) is 124 Å². The summed E-state index contributed by atoms with van der Waals surface area (Å²) in [7, 11) is 5.89. The molecule has 0 amide bonds. The minimum atomic E-state index is -0.551. The van der Waals surface area contributed by atoms with E-state index < -0.39 is 9.57 Å². The largest absolute Gasteiger partial charge is 0.758 e. The van der Waals surface area contributed by atoms with Gasteiger partial charge in [0, 0.05) is 24.4 Å². The maximum absolute atomic E-state index is 13.2. The molecule has 10 heteroatoms. The first kappa shape index (κ1) is 21.5. The number of fused-ring (bicyclic) bond motifs is 2. The molecule has 10 nitrogen and oxygen atoms in total. The van der Waals surface area contributed by atoms with E-state index >= 15 is 0 Å². The number of para-hydroxylation sites is 1. The van der Waals surface area contributed by atoms with Crippen molar-refractivity contribution in [3.8, 4) is 11.5 Å². The molecule has 160 valence electrons. The molecule has 3 aromatic rings. The zero-order chi connectivity index (χ0) is 22.1. The van der Waals surface area contributed by atoms with Crippen LogP contribution in [0.25, 0.3) is 21.8 Å². The molecule has 0 spiro atoms. The zero-order valence-electron chi connectivity index (χ0n) is 17.2. The third kappa shape index (κ3) is 4.06. The van der Waals surface area contributed by atoms with E-state index in [1.807, 2.05) is 0 Å². The van der Waals surface area contributed by atoms with Gasteiger partial charge in [-0.2, -0.15) is 0 Å². The van der Waals surface area contributed by atoms with Gasteiger partial charge in [0.25, 0.3) is 5.69 Å². The predicted molar refractivity (Wildman–Crippen MR) is 115 cm³/mol. The molecule has 1 heterocycles. The maximum Gasteiger partial charge on any atom is 0.281 e. The first-order valence-corrected chi connectivity index (χ1v) is 9.28. The quantitative estimate of drug-likeness (QED) is 0.237. The molecule has 0 saturated heterocycles. The fourth-order valence-corrected chi connectivity index (χ4v) is 3.43. The van der Waals surface area contributed by atoms with E-state index in [9.17, 15) is 20.5 Å². The molecule has 2 aromatic carbocycles. The second-order valence-electron chi connectivity index (χ2n) is 7.34. The monoisotopic (exact) mass is 415 g/mol. The maximum atomic E-state index is 13.2. The number of nitro groups is 1. The van der Waals surface area contributed by atoms with Crippen LogP contribution in [0.3, 0.4) is 0 Å². The third-order valence-corrected chi connectivity index (χ3v) is 4.78. The third-order valence-electron chi connectivity index (χ3n) is 4.78. The van der Waals surface area contributed by atoms with Crippen LogP contribution in [0.2, 0.25) is 0 Å². The van der Waals surface area contributed by atoms with Crippen LogP contribution in [-0.4, -0.2) is 56.0 Å². The van der Waals surface area contributed by atoms with Crippen LogP contribution in [0.1, 0.15) is 6.42 Å². The van der Waals surface area contributed by atoms with Crippen LogP contribution in [0.4, 0.5) is 11.4 Å². The zero-order valence-corrected chi connectivity index (χ0v) is 17.2. The van der Waals surface area contributed by atoms with Crippen LogP contribution < -0.4 is 14.5 Å². The van der Waals surface area contributed by atoms with Crippen molar-refractivity contribution in [2.45, 2.75) is 6.42 Å². The first-order valence-electron chi connectivity index (χ1n) is 9.28. The predicted octanol–water partition coefficient (Wildman–Crippen LogP) is 3.58. The normalized spacial score (nSPS) is 11.7. The van der Waals surface area contributed by atoms with Crippen molar-refractivity contribution in [3.05, 3.63) is 50.9 Å². The van der Waals surface area contributed by atoms with Crippen molar-refractivity contribution in [1.29, 1.82) is 0 Å². The molecule has 0 bridgehead atoms. The molecule has 3 rings (SSSR count). The summed E-state index contributed by atoms with van der Waals surface area (Å²) in [4.78, 5) is 15.7. The molecule has 0 aliphatic heterocycles. The molecule has 0 aliphatic carbocycles. The van der Waals surface area contributed by atoms with Gasteiger partial charge in [0.2, 0.25) is 0 Å². The summed E-state index contributed by atoms with van der Waals surface area (Å²) in [6, 6.07) is 7.80. The standard InChI is InChI=1S/C20H23N4O6/c1-24(2,28)12-6-11-22(25)20-13-7-5-8-15(29-3)18(13)21-19-16(30-4)10-9-14(17(19)20)23(26)27/h5,7-10H,6,11-12H2,1-4H3/q-1. The number of quaternary nitrogens is 1. The second-order valence-corrected chi connectivity index (χ2v) is 7.34. The molecular formula is C20H23N4O6-. The Morgan fingerprint density at radius 2 is 1.77 bits per heavy atom. The summed E-state index contributed by atoms with van der Waals surface area (Å²) in [6.45, 7) is 0.220. The number of anilines is 1. The van der Waals surface area contributed by atoms with Crippen molar-refractivity contribution in [2.75, 3.05) is 46.5 Å². The summed E-state index contributed by atoms with van der Waals surface area (Å²) in [5, 5.41) is 38.0. The van der Waals surface area contributed by atoms with Crippen molar-refractivity contribution < 1.29 is 19.0 Å². The second kappa shape index (κ2) is 8.27. The van der Waals surface area contributed by atoms with E-state index in [0.29, 0.717) is 33.9 Å². The highest BCUT2D eigenvalue weighted by atomic mass is 16.6. The summed E-state index contributed by atoms with van der Waals surface area (Å²) in [6.07, 6.45) is 0.313. The molecule has 0 unspecified atom stereocenters. The van der Waals surface area contributed by atoms with Gasteiger partial charge in [-0.3, -0.25) is 10.1 Å². The Balaban J connectivity index is 2.33. The number of nitrogens with zero attached hydrogens (tertiary/aromatic N) is 4. The Bertz CT molecular complexity index is 1100. The van der Waals surface area contributed by atoms with Gasteiger partial charge in [0.15, 0.2) is 0 Å². The molecule has 0 fully saturated rings. The van der Waals surface area contributed by atoms with Crippen LogP contribution in [0.15, 0.2) is 30.3 Å². The van der Waals surface area contributed by atoms with Crippen LogP contribution in [-0.2, 0) is 0 Å². The molecule has 0 radical (unpaired) electrons. The minimum Gasteiger partial charge on any atom is -0.758 e. The summed E-state index contributed by atoms with van der Waals surface area (Å²) < 4.78 is 10.2. The lowest BCUT2D eigenvalue weighted by atomic mass is 10.0. The highest BCUT2D eigenvalue weighted by molar-refractivity contribution is 6.14. The van der Waals surface area contributed by atoms with E-state index in [2.05, 4.69) is 4.98 Å². The number of methoxy groups -OCH3 is 2. The SMILES string of the molecule is COc1cccc2c(N([O-])CCC[N+](C)(C)[O-])c3c([N+](=O)[O-])ccc(OC)c3nc12. The smallest absolute Gasteiger partial charge is 0.281 e. The molecule has 0 saturated carbocycles. The van der Waals surface area contributed by atoms with Gasteiger partial charge in [-0.05, 0) is 12.1 Å². The number of aromatic nitrogens is 1. The molecule has 1 aromatic heterocycles. The van der Waals surface area contributed by atoms with E-state index in [0.717, 1.165) is 0 Å². The van der Waals surface area contributed by atoms with Gasteiger partial charge in [-0.15, -0.1) is 0 Å². The van der Waals surface area contributed by atoms with Crippen LogP contribution in [0.5, 0.6) is 11.5 Å². The van der Waals surface area contributed by atoms with Crippen molar-refractivity contribution >= 4 is 33.2 Å². The van der Waals surface area contributed by atoms with Gasteiger partial charge in [-0.1, -0.05) is 12.1 Å². The number of ether oxygens (including phenoxy) is 2. The summed E-state index contributed by atoms with van der Waals surface area (Å²) >= 11 is 0. The lowest BCUT2D eigenvalue weighted by Gasteiger charge is -2.37. The lowest BCUT2D eigenvalue weighted by Crippen LogP contribution is -2.35. The van der Waals surface area contributed by atoms with Gasteiger partial charge in [0.1, 0.15) is 27.9 Å². The number of pyridine rings is 1. The van der Waals surface area contributed by atoms with Crippen molar-refractivity contribution in [3.63, 3.8) is 0 Å².